The van der Waals surface area contributed by atoms with Gasteiger partial charge in [-0.25, -0.2) is 14.4 Å². The van der Waals surface area contributed by atoms with Crippen molar-refractivity contribution in [2.75, 3.05) is 24.5 Å². The number of ether oxygens (including phenoxy) is 1. The van der Waals surface area contributed by atoms with Gasteiger partial charge in [-0.2, -0.15) is 10.1 Å². The number of nitrogens with one attached hydrogen (secondary N) is 1. The molecule has 1 N–H and O–H groups in total. The molecule has 34 heavy (non-hydrogen) atoms. The zero-order valence-electron chi connectivity index (χ0n) is 17.9. The molecular weight excluding hydrogens is 484 g/mol. The molecule has 1 fully saturated rings. The van der Waals surface area contributed by atoms with E-state index in [1.54, 1.807) is 11.0 Å². The molecule has 5 rings (SSSR count). The number of aromatic nitrogens is 5. The Kier molecular flexibility index (Phi) is 5.70. The van der Waals surface area contributed by atoms with E-state index >= 15 is 0 Å². The predicted molar refractivity (Wildman–Crippen MR) is 127 cm³/mol. The van der Waals surface area contributed by atoms with Gasteiger partial charge in [-0.05, 0) is 19.1 Å². The monoisotopic (exact) mass is 501 g/mol. The molecule has 12 heteroatoms. The summed E-state index contributed by atoms with van der Waals surface area (Å²) in [5.74, 6) is -0.0627. The van der Waals surface area contributed by atoms with E-state index < -0.39 is 5.82 Å². The van der Waals surface area contributed by atoms with Crippen LogP contribution >= 0.6 is 23.2 Å². The number of hydrogen-bond donors (Lipinski definition) is 1. The van der Waals surface area contributed by atoms with Crippen LogP contribution in [0.4, 0.5) is 10.2 Å². The van der Waals surface area contributed by atoms with Gasteiger partial charge in [0, 0.05) is 31.7 Å². The number of aromatic amines is 1. The summed E-state index contributed by atoms with van der Waals surface area (Å²) in [6, 6.07) is 2.85. The largest absolute Gasteiger partial charge is 0.434 e. The first-order valence-electron chi connectivity index (χ1n) is 10.4. The van der Waals surface area contributed by atoms with Crippen LogP contribution in [0, 0.1) is 5.82 Å². The van der Waals surface area contributed by atoms with Gasteiger partial charge >= 0.3 is 0 Å². The topological polar surface area (TPSA) is 100 Å². The molecule has 9 nitrogen and oxygen atoms in total. The lowest BCUT2D eigenvalue weighted by Crippen LogP contribution is -2.53. The molecule has 1 aromatic carbocycles. The zero-order chi connectivity index (χ0) is 24.0. The summed E-state index contributed by atoms with van der Waals surface area (Å²) in [6.07, 6.45) is 4.19. The molecule has 0 bridgehead atoms. The van der Waals surface area contributed by atoms with Gasteiger partial charge in [-0.15, -0.1) is 0 Å². The van der Waals surface area contributed by atoms with Crippen LogP contribution in [0.15, 0.2) is 37.3 Å². The molecular formula is C22H18Cl2FN7O2. The van der Waals surface area contributed by atoms with Crippen LogP contribution < -0.4 is 9.64 Å². The summed E-state index contributed by atoms with van der Waals surface area (Å²) in [5, 5.41) is 7.63. The number of pyridine rings is 1. The van der Waals surface area contributed by atoms with Crippen molar-refractivity contribution in [2.24, 2.45) is 0 Å². The van der Waals surface area contributed by atoms with E-state index in [1.807, 2.05) is 6.92 Å². The summed E-state index contributed by atoms with van der Waals surface area (Å²) >= 11 is 12.5. The maximum atomic E-state index is 14.4. The van der Waals surface area contributed by atoms with Crippen molar-refractivity contribution in [3.63, 3.8) is 0 Å². The fourth-order valence-electron chi connectivity index (χ4n) is 4.09. The Bertz CT molecular complexity index is 1440. The molecule has 0 spiro atoms. The average molecular weight is 502 g/mol. The summed E-state index contributed by atoms with van der Waals surface area (Å²) in [4.78, 5) is 28.9. The van der Waals surface area contributed by atoms with Gasteiger partial charge < -0.3 is 14.5 Å². The fourth-order valence-corrected chi connectivity index (χ4v) is 4.47. The number of rotatable bonds is 4. The Morgan fingerprint density at radius 3 is 2.88 bits per heavy atom. The molecule has 1 aliphatic heterocycles. The molecule has 3 aromatic heterocycles. The average Bonchev–Trinajstić information content (AvgIpc) is 3.29. The van der Waals surface area contributed by atoms with E-state index in [0.29, 0.717) is 47.3 Å². The number of nitrogens with zero attached hydrogens (tertiary/aromatic N) is 6. The van der Waals surface area contributed by atoms with Crippen LogP contribution in [0.5, 0.6) is 11.6 Å². The Morgan fingerprint density at radius 2 is 2.12 bits per heavy atom. The highest BCUT2D eigenvalue weighted by Crippen LogP contribution is 2.40. The Labute approximate surface area is 203 Å². The van der Waals surface area contributed by atoms with E-state index in [-0.39, 0.29) is 33.8 Å². The summed E-state index contributed by atoms with van der Waals surface area (Å²) < 4.78 is 20.4. The molecule has 1 unspecified atom stereocenters. The lowest BCUT2D eigenvalue weighted by molar-refractivity contribution is -0.126. The van der Waals surface area contributed by atoms with Crippen molar-refractivity contribution in [2.45, 2.75) is 13.0 Å². The van der Waals surface area contributed by atoms with Gasteiger partial charge in [0.05, 0.1) is 22.5 Å². The van der Waals surface area contributed by atoms with E-state index in [0.717, 1.165) is 0 Å². The highest BCUT2D eigenvalue weighted by Gasteiger charge is 2.29. The Hall–Kier alpha value is -3.50. The van der Waals surface area contributed by atoms with E-state index in [9.17, 15) is 9.18 Å². The van der Waals surface area contributed by atoms with Crippen molar-refractivity contribution in [1.29, 1.82) is 0 Å². The Morgan fingerprint density at radius 1 is 1.29 bits per heavy atom. The minimum absolute atomic E-state index is 0.0321. The maximum absolute atomic E-state index is 14.4. The number of amides is 1. The summed E-state index contributed by atoms with van der Waals surface area (Å²) in [5.41, 5.74) is 0.794. The molecule has 174 valence electrons. The van der Waals surface area contributed by atoms with Gasteiger partial charge in [0.25, 0.3) is 0 Å². The minimum Gasteiger partial charge on any atom is -0.434 e. The van der Waals surface area contributed by atoms with Crippen molar-refractivity contribution in [1.82, 2.24) is 30.0 Å². The third-order valence-electron chi connectivity index (χ3n) is 5.72. The second-order valence-corrected chi connectivity index (χ2v) is 8.57. The van der Waals surface area contributed by atoms with Gasteiger partial charge in [-0.3, -0.25) is 9.89 Å². The zero-order valence-corrected chi connectivity index (χ0v) is 19.4. The lowest BCUT2D eigenvalue weighted by Gasteiger charge is -2.40. The first-order valence-corrected chi connectivity index (χ1v) is 11.1. The minimum atomic E-state index is -0.671. The van der Waals surface area contributed by atoms with Gasteiger partial charge in [0.15, 0.2) is 5.75 Å². The third-order valence-corrected chi connectivity index (χ3v) is 6.26. The first kappa shape index (κ1) is 22.3. The van der Waals surface area contributed by atoms with Crippen LogP contribution in [-0.2, 0) is 4.79 Å². The number of piperazine rings is 1. The molecule has 4 heterocycles. The number of carbonyl (C=O) groups excluding carboxylic acids is 1. The number of H-pyrrole nitrogens is 1. The fraction of sp³-hybridized carbons (Fsp3) is 0.227. The first-order chi connectivity index (χ1) is 16.4. The molecule has 1 atom stereocenters. The number of fused-ring (bicyclic) bond motifs is 2. The number of halogens is 3. The number of anilines is 1. The van der Waals surface area contributed by atoms with Crippen molar-refractivity contribution >= 4 is 56.7 Å². The molecule has 0 radical (unpaired) electrons. The second-order valence-electron chi connectivity index (χ2n) is 7.81. The van der Waals surface area contributed by atoms with Gasteiger partial charge in [0.1, 0.15) is 33.7 Å². The van der Waals surface area contributed by atoms with Crippen LogP contribution in [0.1, 0.15) is 6.92 Å². The molecule has 1 amide bonds. The predicted octanol–water partition coefficient (Wildman–Crippen LogP) is 4.36. The van der Waals surface area contributed by atoms with Crippen molar-refractivity contribution in [3.8, 4) is 11.6 Å². The van der Waals surface area contributed by atoms with Crippen LogP contribution in [0.3, 0.4) is 0 Å². The standard InChI is InChI=1S/C22H18Cl2FN7O2/c1-3-17(33)31-4-5-32(11(2)9-31)21-12-6-16(23)29-22(19(12)26-10-27-21)34-20-13-8-28-30-15(13)7-14(25)18(20)24/h3,6-8,10-11H,1,4-5,9H2,2H3,(H,28,30). The Balaban J connectivity index is 1.58. The SMILES string of the molecule is C=CC(=O)N1CCN(c2ncnc3c(Oc4c(Cl)c(F)cc5[nH]ncc45)nc(Cl)cc23)C(C)C1. The summed E-state index contributed by atoms with van der Waals surface area (Å²) in [6.45, 7) is 7.13. The second kappa shape index (κ2) is 8.69. The molecule has 0 aliphatic carbocycles. The van der Waals surface area contributed by atoms with Crippen LogP contribution in [0.25, 0.3) is 21.8 Å². The highest BCUT2D eigenvalue weighted by molar-refractivity contribution is 6.33. The molecule has 1 saturated heterocycles. The van der Waals surface area contributed by atoms with E-state index in [4.69, 9.17) is 27.9 Å². The molecule has 4 aromatic rings. The third kappa shape index (κ3) is 3.78. The number of carbonyl (C=O) groups is 1. The van der Waals surface area contributed by atoms with E-state index in [1.165, 1.54) is 24.7 Å². The molecule has 0 saturated carbocycles. The molecule has 1 aliphatic rings. The smallest absolute Gasteiger partial charge is 0.247 e. The van der Waals surface area contributed by atoms with Crippen LogP contribution in [-0.4, -0.2) is 61.6 Å². The number of hydrogen-bond acceptors (Lipinski definition) is 7. The van der Waals surface area contributed by atoms with Crippen molar-refractivity contribution in [3.05, 3.63) is 53.3 Å². The summed E-state index contributed by atoms with van der Waals surface area (Å²) in [7, 11) is 0. The van der Waals surface area contributed by atoms with Gasteiger partial charge in [0.2, 0.25) is 11.8 Å². The normalized spacial score (nSPS) is 16.3. The maximum Gasteiger partial charge on any atom is 0.247 e. The van der Waals surface area contributed by atoms with E-state index in [2.05, 4.69) is 36.6 Å². The van der Waals surface area contributed by atoms with Crippen LogP contribution in [0.2, 0.25) is 10.2 Å². The lowest BCUT2D eigenvalue weighted by atomic mass is 10.1. The number of benzene rings is 1. The highest BCUT2D eigenvalue weighted by atomic mass is 35.5. The van der Waals surface area contributed by atoms with Gasteiger partial charge in [-0.1, -0.05) is 29.8 Å². The van der Waals surface area contributed by atoms with Crippen molar-refractivity contribution < 1.29 is 13.9 Å². The quantitative estimate of drug-likeness (QED) is 0.327.